The number of esters is 1. The summed E-state index contributed by atoms with van der Waals surface area (Å²) < 4.78 is 16.3. The predicted octanol–water partition coefficient (Wildman–Crippen LogP) is 4.50. The molecule has 0 fully saturated rings. The van der Waals surface area contributed by atoms with Gasteiger partial charge >= 0.3 is 5.97 Å². The molecule has 2 aromatic carbocycles. The third-order valence-electron chi connectivity index (χ3n) is 4.21. The van der Waals surface area contributed by atoms with Gasteiger partial charge in [0, 0.05) is 6.07 Å². The van der Waals surface area contributed by atoms with Gasteiger partial charge in [-0.15, -0.1) is 0 Å². The summed E-state index contributed by atoms with van der Waals surface area (Å²) in [6, 6.07) is 13.1. The Labute approximate surface area is 164 Å². The number of hydrogen-bond donors (Lipinski definition) is 0. The quantitative estimate of drug-likeness (QED) is 0.547. The van der Waals surface area contributed by atoms with Gasteiger partial charge in [0.2, 0.25) is 5.78 Å². The van der Waals surface area contributed by atoms with Gasteiger partial charge in [0.15, 0.2) is 11.9 Å². The Balaban J connectivity index is 1.77. The average Bonchev–Trinajstić information content (AvgIpc) is 2.99. The van der Waals surface area contributed by atoms with E-state index in [0.29, 0.717) is 17.1 Å². The fraction of sp³-hybridized carbons (Fsp3) is 0.217. The minimum atomic E-state index is -0.752. The van der Waals surface area contributed by atoms with E-state index in [2.05, 4.69) is 0 Å². The number of Topliss-reactive ketones (excluding diaryl/α,β-unsaturated/α-hetero) is 1. The first kappa shape index (κ1) is 19.4. The molecule has 0 bridgehead atoms. The van der Waals surface area contributed by atoms with Crippen molar-refractivity contribution in [2.45, 2.75) is 26.9 Å². The van der Waals surface area contributed by atoms with Gasteiger partial charge in [0.25, 0.3) is 0 Å². The molecule has 1 unspecified atom stereocenters. The van der Waals surface area contributed by atoms with Crippen molar-refractivity contribution in [1.82, 2.24) is 0 Å². The van der Waals surface area contributed by atoms with Crippen LogP contribution >= 0.6 is 0 Å². The largest absolute Gasteiger partial charge is 0.479 e. The lowest BCUT2D eigenvalue weighted by Gasteiger charge is -2.14. The molecule has 1 heterocycles. The molecule has 0 saturated carbocycles. The number of allylic oxidation sites excluding steroid dienone is 3. The minimum Gasteiger partial charge on any atom is -0.479 e. The highest BCUT2D eigenvalue weighted by molar-refractivity contribution is 6.13. The maximum atomic E-state index is 12.6. The molecule has 5 heteroatoms. The number of fused-ring (bicyclic) bond motifs is 1. The van der Waals surface area contributed by atoms with Gasteiger partial charge in [-0.1, -0.05) is 42.5 Å². The fourth-order valence-corrected chi connectivity index (χ4v) is 2.88. The lowest BCUT2D eigenvalue weighted by molar-refractivity contribution is -0.150. The van der Waals surface area contributed by atoms with E-state index in [9.17, 15) is 9.59 Å². The Morgan fingerprint density at radius 3 is 2.68 bits per heavy atom. The zero-order valence-corrected chi connectivity index (χ0v) is 16.1. The van der Waals surface area contributed by atoms with Crippen molar-refractivity contribution >= 4 is 17.8 Å². The van der Waals surface area contributed by atoms with E-state index in [4.69, 9.17) is 14.2 Å². The van der Waals surface area contributed by atoms with Gasteiger partial charge in [-0.05, 0) is 44.0 Å². The Bertz CT molecular complexity index is 941. The van der Waals surface area contributed by atoms with Crippen molar-refractivity contribution < 1.29 is 23.8 Å². The lowest BCUT2D eigenvalue weighted by Crippen LogP contribution is -2.26. The summed E-state index contributed by atoms with van der Waals surface area (Å²) >= 11 is 0. The topological polar surface area (TPSA) is 61.8 Å². The Morgan fingerprint density at radius 1 is 1.21 bits per heavy atom. The number of carbonyl (C=O) groups excluding carboxylic acids is 2. The summed E-state index contributed by atoms with van der Waals surface area (Å²) in [7, 11) is 0. The second-order valence-corrected chi connectivity index (χ2v) is 6.36. The molecular weight excluding hydrogens is 356 g/mol. The molecule has 0 N–H and O–H groups in total. The second kappa shape index (κ2) is 8.57. The maximum Gasteiger partial charge on any atom is 0.347 e. The van der Waals surface area contributed by atoms with Gasteiger partial charge in [-0.2, -0.15) is 0 Å². The van der Waals surface area contributed by atoms with Crippen LogP contribution in [0.15, 0.2) is 60.4 Å². The molecule has 3 rings (SSSR count). The summed E-state index contributed by atoms with van der Waals surface area (Å²) in [5.74, 6) is 0.515. The molecule has 0 aromatic heterocycles. The number of aryl methyl sites for hydroxylation is 1. The van der Waals surface area contributed by atoms with Crippen molar-refractivity contribution in [2.24, 2.45) is 0 Å². The van der Waals surface area contributed by atoms with Crippen LogP contribution in [0.3, 0.4) is 0 Å². The van der Waals surface area contributed by atoms with Gasteiger partial charge in [-0.3, -0.25) is 4.79 Å². The first-order valence-corrected chi connectivity index (χ1v) is 9.13. The van der Waals surface area contributed by atoms with Crippen LogP contribution in [0.1, 0.15) is 35.3 Å². The Morgan fingerprint density at radius 2 is 1.96 bits per heavy atom. The highest BCUT2D eigenvalue weighted by Gasteiger charge is 2.30. The van der Waals surface area contributed by atoms with E-state index in [-0.39, 0.29) is 18.1 Å². The van der Waals surface area contributed by atoms with Crippen LogP contribution in [0.4, 0.5) is 0 Å². The van der Waals surface area contributed by atoms with Crippen LogP contribution in [0.25, 0.3) is 6.08 Å². The first-order chi connectivity index (χ1) is 13.5. The van der Waals surface area contributed by atoms with Crippen molar-refractivity contribution in [3.8, 4) is 11.5 Å². The van der Waals surface area contributed by atoms with Crippen molar-refractivity contribution in [3.05, 3.63) is 77.1 Å². The van der Waals surface area contributed by atoms with Crippen LogP contribution < -0.4 is 9.47 Å². The lowest BCUT2D eigenvalue weighted by atomic mass is 10.0. The molecule has 1 aliphatic heterocycles. The molecule has 0 amide bonds. The third kappa shape index (κ3) is 4.31. The summed E-state index contributed by atoms with van der Waals surface area (Å²) in [5, 5.41) is 0. The molecule has 1 aliphatic rings. The normalized spacial score (nSPS) is 15.4. The molecule has 1 atom stereocenters. The zero-order valence-electron chi connectivity index (χ0n) is 16.1. The predicted molar refractivity (Wildman–Crippen MR) is 106 cm³/mol. The van der Waals surface area contributed by atoms with Crippen molar-refractivity contribution in [1.29, 1.82) is 0 Å². The van der Waals surface area contributed by atoms with Gasteiger partial charge < -0.3 is 14.2 Å². The van der Waals surface area contributed by atoms with Crippen LogP contribution in [-0.2, 0) is 9.53 Å². The summed E-state index contributed by atoms with van der Waals surface area (Å²) in [6.07, 6.45) is 4.58. The minimum absolute atomic E-state index is 0.171. The number of ketones is 1. The number of rotatable bonds is 6. The summed E-state index contributed by atoms with van der Waals surface area (Å²) in [4.78, 5) is 24.4. The molecule has 0 saturated heterocycles. The molecular formula is C23H22O5. The zero-order chi connectivity index (χ0) is 20.1. The number of ether oxygens (including phenoxy) is 3. The van der Waals surface area contributed by atoms with E-state index >= 15 is 0 Å². The second-order valence-electron chi connectivity index (χ2n) is 6.36. The van der Waals surface area contributed by atoms with Gasteiger partial charge in [-0.25, -0.2) is 4.79 Å². The maximum absolute atomic E-state index is 12.6. The van der Waals surface area contributed by atoms with Gasteiger partial charge in [0.05, 0.1) is 12.2 Å². The molecule has 144 valence electrons. The van der Waals surface area contributed by atoms with E-state index < -0.39 is 12.1 Å². The Kier molecular flexibility index (Phi) is 5.94. The highest BCUT2D eigenvalue weighted by atomic mass is 16.6. The highest BCUT2D eigenvalue weighted by Crippen LogP contribution is 2.37. The smallest absolute Gasteiger partial charge is 0.347 e. The number of carbonyl (C=O) groups is 2. The van der Waals surface area contributed by atoms with E-state index in [1.807, 2.05) is 43.3 Å². The van der Waals surface area contributed by atoms with E-state index in [0.717, 1.165) is 11.1 Å². The molecule has 28 heavy (non-hydrogen) atoms. The van der Waals surface area contributed by atoms with Crippen LogP contribution in [0, 0.1) is 6.92 Å². The Hall–Kier alpha value is -3.34. The number of benzene rings is 2. The summed E-state index contributed by atoms with van der Waals surface area (Å²) in [5.41, 5.74) is 2.27. The van der Waals surface area contributed by atoms with Crippen molar-refractivity contribution in [2.75, 3.05) is 6.61 Å². The van der Waals surface area contributed by atoms with E-state index in [1.165, 1.54) is 0 Å². The molecule has 0 spiro atoms. The SMILES string of the molecule is CCOC(=O)C(C)Oc1cc(C)c2c(c1)O/C(=C\C=C\c1ccccc1)C2=O. The van der Waals surface area contributed by atoms with Crippen LogP contribution in [0.5, 0.6) is 11.5 Å². The van der Waals surface area contributed by atoms with Crippen molar-refractivity contribution in [3.63, 3.8) is 0 Å². The number of hydrogen-bond acceptors (Lipinski definition) is 5. The van der Waals surface area contributed by atoms with Gasteiger partial charge in [0.1, 0.15) is 11.5 Å². The monoisotopic (exact) mass is 378 g/mol. The molecule has 0 aliphatic carbocycles. The van der Waals surface area contributed by atoms with Crippen LogP contribution in [-0.4, -0.2) is 24.5 Å². The first-order valence-electron chi connectivity index (χ1n) is 9.13. The average molecular weight is 378 g/mol. The third-order valence-corrected chi connectivity index (χ3v) is 4.21. The van der Waals surface area contributed by atoms with E-state index in [1.54, 1.807) is 38.1 Å². The molecule has 5 nitrogen and oxygen atoms in total. The van der Waals surface area contributed by atoms with Crippen LogP contribution in [0.2, 0.25) is 0 Å². The molecule has 0 radical (unpaired) electrons. The molecule has 2 aromatic rings. The fourth-order valence-electron chi connectivity index (χ4n) is 2.88. The summed E-state index contributed by atoms with van der Waals surface area (Å²) in [6.45, 7) is 5.46. The standard InChI is InChI=1S/C23H22O5/c1-4-26-23(25)16(3)27-18-13-15(2)21-20(14-18)28-19(22(21)24)12-8-11-17-9-6-5-7-10-17/h5-14,16H,4H2,1-3H3/b11-8+,19-12-.